The summed E-state index contributed by atoms with van der Waals surface area (Å²) in [5, 5.41) is 0. The molecule has 0 amide bonds. The standard InChI is InChI=1S/C20H28O3S2/c1-3-22-20(21)16(2)10-11-18(14-19-24-12-7-13-25-19)23-15-17-8-5-4-6-9-17/h4-6,8-11,16,18-19H,3,7,12-15H2,1-2H3/b11-10+/t16-,18+/m1/s1. The number of hydrogen-bond donors (Lipinski definition) is 0. The third kappa shape index (κ3) is 7.89. The number of hydrogen-bond acceptors (Lipinski definition) is 5. The highest BCUT2D eigenvalue weighted by Crippen LogP contribution is 2.34. The van der Waals surface area contributed by atoms with Crippen LogP contribution >= 0.6 is 23.5 Å². The number of benzene rings is 1. The number of rotatable bonds is 9. The molecule has 1 aliphatic rings. The minimum Gasteiger partial charge on any atom is -0.466 e. The first kappa shape index (κ1) is 20.4. The lowest BCUT2D eigenvalue weighted by atomic mass is 10.1. The maximum absolute atomic E-state index is 11.8. The van der Waals surface area contributed by atoms with Gasteiger partial charge in [0.1, 0.15) is 0 Å². The van der Waals surface area contributed by atoms with E-state index in [1.807, 2.05) is 67.7 Å². The molecule has 0 bridgehead atoms. The Morgan fingerprint density at radius 1 is 1.24 bits per heavy atom. The summed E-state index contributed by atoms with van der Waals surface area (Å²) in [6.07, 6.45) is 6.23. The Kier molecular flexibility index (Phi) is 9.51. The van der Waals surface area contributed by atoms with Gasteiger partial charge in [0.25, 0.3) is 0 Å². The van der Waals surface area contributed by atoms with Gasteiger partial charge < -0.3 is 9.47 Å². The lowest BCUT2D eigenvalue weighted by molar-refractivity contribution is -0.145. The predicted molar refractivity (Wildman–Crippen MR) is 108 cm³/mol. The summed E-state index contributed by atoms with van der Waals surface area (Å²) in [7, 11) is 0. The molecule has 5 heteroatoms. The molecule has 0 unspecified atom stereocenters. The van der Waals surface area contributed by atoms with E-state index in [9.17, 15) is 4.79 Å². The molecule has 0 spiro atoms. The smallest absolute Gasteiger partial charge is 0.312 e. The van der Waals surface area contributed by atoms with Gasteiger partial charge in [0.05, 0.1) is 29.8 Å². The third-order valence-electron chi connectivity index (χ3n) is 3.90. The fourth-order valence-corrected chi connectivity index (χ4v) is 5.43. The Hall–Kier alpha value is -0.910. The van der Waals surface area contributed by atoms with Crippen LogP contribution in [0.1, 0.15) is 32.3 Å². The van der Waals surface area contributed by atoms with Crippen molar-refractivity contribution in [3.63, 3.8) is 0 Å². The van der Waals surface area contributed by atoms with Crippen LogP contribution in [0, 0.1) is 5.92 Å². The average molecular weight is 381 g/mol. The van der Waals surface area contributed by atoms with Crippen molar-refractivity contribution in [2.45, 2.75) is 44.0 Å². The second-order valence-electron chi connectivity index (χ2n) is 6.02. The zero-order valence-corrected chi connectivity index (χ0v) is 16.7. The molecule has 0 saturated carbocycles. The van der Waals surface area contributed by atoms with Gasteiger partial charge in [-0.2, -0.15) is 0 Å². The van der Waals surface area contributed by atoms with Crippen molar-refractivity contribution in [1.29, 1.82) is 0 Å². The summed E-state index contributed by atoms with van der Waals surface area (Å²) in [5.74, 6) is 2.04. The molecule has 1 saturated heterocycles. The number of ether oxygens (including phenoxy) is 2. The molecule has 1 fully saturated rings. The van der Waals surface area contributed by atoms with Crippen LogP contribution in [0.4, 0.5) is 0 Å². The molecule has 2 atom stereocenters. The number of carbonyl (C=O) groups excluding carboxylic acids is 1. The highest BCUT2D eigenvalue weighted by atomic mass is 32.2. The van der Waals surface area contributed by atoms with Gasteiger partial charge in [0, 0.05) is 0 Å². The van der Waals surface area contributed by atoms with Gasteiger partial charge in [0.2, 0.25) is 0 Å². The fraction of sp³-hybridized carbons (Fsp3) is 0.550. The average Bonchev–Trinajstić information content (AvgIpc) is 2.65. The highest BCUT2D eigenvalue weighted by molar-refractivity contribution is 8.17. The van der Waals surface area contributed by atoms with Crippen molar-refractivity contribution in [1.82, 2.24) is 0 Å². The van der Waals surface area contributed by atoms with Crippen LogP contribution in [0.2, 0.25) is 0 Å². The molecule has 1 heterocycles. The van der Waals surface area contributed by atoms with Crippen LogP contribution in [0.25, 0.3) is 0 Å². The van der Waals surface area contributed by atoms with Gasteiger partial charge in [-0.25, -0.2) is 0 Å². The summed E-state index contributed by atoms with van der Waals surface area (Å²) in [6.45, 7) is 4.70. The minimum absolute atomic E-state index is 0.0141. The van der Waals surface area contributed by atoms with Crippen LogP contribution in [0.3, 0.4) is 0 Å². The van der Waals surface area contributed by atoms with E-state index in [2.05, 4.69) is 12.1 Å². The largest absolute Gasteiger partial charge is 0.466 e. The number of esters is 1. The van der Waals surface area contributed by atoms with E-state index < -0.39 is 0 Å². The molecule has 0 N–H and O–H groups in total. The van der Waals surface area contributed by atoms with Crippen LogP contribution in [0.15, 0.2) is 42.5 Å². The molecule has 25 heavy (non-hydrogen) atoms. The van der Waals surface area contributed by atoms with E-state index in [1.165, 1.54) is 23.5 Å². The molecular formula is C20H28O3S2. The second-order valence-corrected chi connectivity index (χ2v) is 8.94. The SMILES string of the molecule is CCOC(=O)[C@H](C)/C=C/[C@@H](CC1SCCCS1)OCc1ccccc1. The van der Waals surface area contributed by atoms with Gasteiger partial charge in [-0.05, 0) is 43.8 Å². The van der Waals surface area contributed by atoms with Gasteiger partial charge in [0.15, 0.2) is 0 Å². The molecule has 0 aliphatic carbocycles. The van der Waals surface area contributed by atoms with Gasteiger partial charge in [-0.3, -0.25) is 4.79 Å². The first-order chi connectivity index (χ1) is 12.2. The van der Waals surface area contributed by atoms with E-state index in [1.54, 1.807) is 0 Å². The molecule has 1 aromatic rings. The molecule has 0 radical (unpaired) electrons. The Morgan fingerprint density at radius 3 is 2.64 bits per heavy atom. The monoisotopic (exact) mass is 380 g/mol. The van der Waals surface area contributed by atoms with E-state index in [4.69, 9.17) is 9.47 Å². The zero-order chi connectivity index (χ0) is 17.9. The fourth-order valence-electron chi connectivity index (χ4n) is 2.48. The summed E-state index contributed by atoms with van der Waals surface area (Å²) in [4.78, 5) is 11.8. The summed E-state index contributed by atoms with van der Waals surface area (Å²) >= 11 is 4.04. The van der Waals surface area contributed by atoms with E-state index in [0.717, 1.165) is 6.42 Å². The first-order valence-electron chi connectivity index (χ1n) is 8.92. The molecule has 0 aromatic heterocycles. The van der Waals surface area contributed by atoms with E-state index in [-0.39, 0.29) is 18.0 Å². The molecule has 2 rings (SSSR count). The Morgan fingerprint density at radius 2 is 1.96 bits per heavy atom. The highest BCUT2D eigenvalue weighted by Gasteiger charge is 2.20. The van der Waals surface area contributed by atoms with Crippen molar-refractivity contribution in [2.24, 2.45) is 5.92 Å². The van der Waals surface area contributed by atoms with Crippen LogP contribution in [-0.4, -0.2) is 34.8 Å². The molecule has 1 aliphatic heterocycles. The van der Waals surface area contributed by atoms with Crippen molar-refractivity contribution in [3.05, 3.63) is 48.0 Å². The van der Waals surface area contributed by atoms with Gasteiger partial charge >= 0.3 is 5.97 Å². The number of thioether (sulfide) groups is 2. The lowest BCUT2D eigenvalue weighted by Gasteiger charge is -2.24. The van der Waals surface area contributed by atoms with Gasteiger partial charge in [-0.1, -0.05) is 42.5 Å². The van der Waals surface area contributed by atoms with Crippen molar-refractivity contribution >= 4 is 29.5 Å². The topological polar surface area (TPSA) is 35.5 Å². The molecule has 138 valence electrons. The maximum Gasteiger partial charge on any atom is 0.312 e. The van der Waals surface area contributed by atoms with Crippen LogP contribution in [-0.2, 0) is 20.9 Å². The molecule has 3 nitrogen and oxygen atoms in total. The van der Waals surface area contributed by atoms with Crippen molar-refractivity contribution < 1.29 is 14.3 Å². The van der Waals surface area contributed by atoms with Gasteiger partial charge in [-0.15, -0.1) is 23.5 Å². The van der Waals surface area contributed by atoms with E-state index >= 15 is 0 Å². The van der Waals surface area contributed by atoms with Crippen molar-refractivity contribution in [2.75, 3.05) is 18.1 Å². The predicted octanol–water partition coefficient (Wildman–Crippen LogP) is 4.91. The summed E-state index contributed by atoms with van der Waals surface area (Å²) in [6, 6.07) is 10.2. The summed E-state index contributed by atoms with van der Waals surface area (Å²) < 4.78 is 11.8. The first-order valence-corrected chi connectivity index (χ1v) is 11.0. The third-order valence-corrected chi connectivity index (χ3v) is 6.89. The number of carbonyl (C=O) groups is 1. The van der Waals surface area contributed by atoms with E-state index in [0.29, 0.717) is 17.8 Å². The normalized spacial score (nSPS) is 18.2. The quantitative estimate of drug-likeness (QED) is 0.449. The zero-order valence-electron chi connectivity index (χ0n) is 15.1. The summed E-state index contributed by atoms with van der Waals surface area (Å²) in [5.41, 5.74) is 1.17. The van der Waals surface area contributed by atoms with Crippen LogP contribution < -0.4 is 0 Å². The molecule has 1 aromatic carbocycles. The second kappa shape index (κ2) is 11.7. The Balaban J connectivity index is 1.93. The Labute approximate surface area is 159 Å². The minimum atomic E-state index is -0.241. The Bertz CT molecular complexity index is 527. The maximum atomic E-state index is 11.8. The van der Waals surface area contributed by atoms with Crippen LogP contribution in [0.5, 0.6) is 0 Å². The molecular weight excluding hydrogens is 352 g/mol. The lowest BCUT2D eigenvalue weighted by Crippen LogP contribution is -2.19. The van der Waals surface area contributed by atoms with Crippen molar-refractivity contribution in [3.8, 4) is 0 Å².